The minimum Gasteiger partial charge on any atom is -0.375 e. The average molecular weight is 532 g/mol. The number of aliphatic imine (C=N–C) groups is 1. The van der Waals surface area contributed by atoms with E-state index in [2.05, 4.69) is 20.6 Å². The van der Waals surface area contributed by atoms with Crippen molar-refractivity contribution >= 4 is 41.3 Å². The van der Waals surface area contributed by atoms with Crippen molar-refractivity contribution in [1.29, 1.82) is 0 Å². The van der Waals surface area contributed by atoms with Gasteiger partial charge in [-0.05, 0) is 38.3 Å². The number of nitrogens with one attached hydrogen (secondary N) is 1. The van der Waals surface area contributed by atoms with Crippen LogP contribution in [0.1, 0.15) is 49.1 Å². The van der Waals surface area contributed by atoms with Crippen LogP contribution in [-0.4, -0.2) is 43.1 Å². The molecule has 2 aromatic rings. The lowest BCUT2D eigenvalue weighted by Crippen LogP contribution is -2.39. The fourth-order valence-electron chi connectivity index (χ4n) is 3.25. The highest BCUT2D eigenvalue weighted by molar-refractivity contribution is 14.0. The van der Waals surface area contributed by atoms with E-state index in [9.17, 15) is 4.39 Å². The van der Waals surface area contributed by atoms with Crippen LogP contribution in [0.3, 0.4) is 0 Å². The average Bonchev–Trinajstić information content (AvgIpc) is 3.34. The van der Waals surface area contributed by atoms with Crippen molar-refractivity contribution in [2.75, 3.05) is 27.2 Å². The molecule has 3 rings (SSSR count). The van der Waals surface area contributed by atoms with E-state index in [1.165, 1.54) is 6.07 Å². The normalized spacial score (nSPS) is 16.1. The Kier molecular flexibility index (Phi) is 8.84. The molecular weight excluding hydrogens is 502 g/mol. The smallest absolute Gasteiger partial charge is 0.194 e. The number of halogens is 2. The van der Waals surface area contributed by atoms with Crippen LogP contribution < -0.4 is 5.32 Å². The van der Waals surface area contributed by atoms with Gasteiger partial charge in [0.1, 0.15) is 16.9 Å². The van der Waals surface area contributed by atoms with Gasteiger partial charge in [0.05, 0.1) is 18.8 Å². The number of hydrogen-bond donors (Lipinski definition) is 1. The SMILES string of the molecule is CCNC(=NCC1(c2ccccc2F)CC1)N(C)Cc1csc(C(C)OC)n1.I. The third-order valence-electron chi connectivity index (χ3n) is 5.20. The Labute approximate surface area is 193 Å². The standard InChI is InChI=1S/C21H29FN4OS.HI/c1-5-23-20(26(3)12-16-13-28-19(25-16)15(2)27-4)24-14-21(10-11-21)17-8-6-7-9-18(17)22;/h6-9,13,15H,5,10-12,14H2,1-4H3,(H,23,24);1H. The van der Waals surface area contributed by atoms with E-state index in [-0.39, 0.29) is 41.3 Å². The lowest BCUT2D eigenvalue weighted by Gasteiger charge is -2.22. The van der Waals surface area contributed by atoms with Crippen molar-refractivity contribution in [1.82, 2.24) is 15.2 Å². The summed E-state index contributed by atoms with van der Waals surface area (Å²) in [5.41, 5.74) is 1.62. The number of hydrogen-bond acceptors (Lipinski definition) is 4. The Bertz CT molecular complexity index is 825. The summed E-state index contributed by atoms with van der Waals surface area (Å²) in [5, 5.41) is 6.38. The molecule has 1 aliphatic rings. The van der Waals surface area contributed by atoms with E-state index >= 15 is 0 Å². The number of benzene rings is 1. The Balaban J connectivity index is 0.00000300. The number of rotatable bonds is 8. The van der Waals surface area contributed by atoms with Gasteiger partial charge in [-0.2, -0.15) is 0 Å². The largest absolute Gasteiger partial charge is 0.375 e. The van der Waals surface area contributed by atoms with Crippen molar-refractivity contribution < 1.29 is 9.13 Å². The number of nitrogens with zero attached hydrogens (tertiary/aromatic N) is 3. The van der Waals surface area contributed by atoms with Crippen LogP contribution in [-0.2, 0) is 16.7 Å². The molecule has 160 valence electrons. The Morgan fingerprint density at radius 2 is 2.14 bits per heavy atom. The second-order valence-corrected chi connectivity index (χ2v) is 8.23. The van der Waals surface area contributed by atoms with Gasteiger partial charge >= 0.3 is 0 Å². The maximum absolute atomic E-state index is 14.2. The third kappa shape index (κ3) is 5.88. The molecule has 1 N–H and O–H groups in total. The van der Waals surface area contributed by atoms with Crippen molar-refractivity contribution in [3.05, 3.63) is 51.7 Å². The van der Waals surface area contributed by atoms with Crippen LogP contribution in [0.15, 0.2) is 34.6 Å². The van der Waals surface area contributed by atoms with Crippen LogP contribution in [0.4, 0.5) is 4.39 Å². The van der Waals surface area contributed by atoms with Crippen molar-refractivity contribution in [3.8, 4) is 0 Å². The Hall–Kier alpha value is -1.26. The highest BCUT2D eigenvalue weighted by Crippen LogP contribution is 2.49. The Morgan fingerprint density at radius 1 is 1.41 bits per heavy atom. The summed E-state index contributed by atoms with van der Waals surface area (Å²) < 4.78 is 19.6. The fourth-order valence-corrected chi connectivity index (χ4v) is 4.09. The van der Waals surface area contributed by atoms with Crippen molar-refractivity contribution in [3.63, 3.8) is 0 Å². The first-order chi connectivity index (χ1) is 13.5. The third-order valence-corrected chi connectivity index (χ3v) is 6.25. The molecule has 1 heterocycles. The molecule has 1 fully saturated rings. The molecule has 8 heteroatoms. The molecule has 1 aromatic heterocycles. The van der Waals surface area contributed by atoms with Gasteiger partial charge in [0.15, 0.2) is 5.96 Å². The lowest BCUT2D eigenvalue weighted by molar-refractivity contribution is 0.119. The van der Waals surface area contributed by atoms with Crippen LogP contribution in [0.5, 0.6) is 0 Å². The molecule has 1 aliphatic carbocycles. The monoisotopic (exact) mass is 532 g/mol. The van der Waals surface area contributed by atoms with E-state index in [0.717, 1.165) is 41.6 Å². The molecule has 0 bridgehead atoms. The molecule has 1 atom stereocenters. The van der Waals surface area contributed by atoms with Crippen LogP contribution in [0.2, 0.25) is 0 Å². The molecule has 5 nitrogen and oxygen atoms in total. The van der Waals surface area contributed by atoms with Gasteiger partial charge in [-0.25, -0.2) is 9.37 Å². The van der Waals surface area contributed by atoms with Gasteiger partial charge in [-0.1, -0.05) is 18.2 Å². The van der Waals surface area contributed by atoms with Gasteiger partial charge in [0, 0.05) is 31.5 Å². The fraction of sp³-hybridized carbons (Fsp3) is 0.524. The van der Waals surface area contributed by atoms with E-state index in [1.54, 1.807) is 24.5 Å². The molecule has 0 saturated heterocycles. The van der Waals surface area contributed by atoms with Gasteiger partial charge in [0.25, 0.3) is 0 Å². The lowest BCUT2D eigenvalue weighted by atomic mass is 9.95. The molecule has 1 saturated carbocycles. The number of ether oxygens (including phenoxy) is 1. The summed E-state index contributed by atoms with van der Waals surface area (Å²) in [6.07, 6.45) is 1.96. The Morgan fingerprint density at radius 3 is 2.76 bits per heavy atom. The van der Waals surface area contributed by atoms with Gasteiger partial charge in [-0.15, -0.1) is 35.3 Å². The zero-order valence-corrected chi connectivity index (χ0v) is 20.6. The van der Waals surface area contributed by atoms with E-state index in [0.29, 0.717) is 13.1 Å². The zero-order chi connectivity index (χ0) is 20.1. The highest BCUT2D eigenvalue weighted by atomic mass is 127. The number of aromatic nitrogens is 1. The first-order valence-corrected chi connectivity index (χ1v) is 10.6. The van der Waals surface area contributed by atoms with E-state index in [1.807, 2.05) is 33.0 Å². The minimum absolute atomic E-state index is 0. The summed E-state index contributed by atoms with van der Waals surface area (Å²) in [4.78, 5) is 11.6. The van der Waals surface area contributed by atoms with Gasteiger partial charge < -0.3 is 15.0 Å². The molecule has 0 aliphatic heterocycles. The van der Waals surface area contributed by atoms with Gasteiger partial charge in [-0.3, -0.25) is 4.99 Å². The second kappa shape index (κ2) is 10.7. The molecule has 0 spiro atoms. The van der Waals surface area contributed by atoms with Crippen LogP contribution >= 0.6 is 35.3 Å². The molecular formula is C21H30FIN4OS. The predicted molar refractivity (Wildman–Crippen MR) is 128 cm³/mol. The second-order valence-electron chi connectivity index (χ2n) is 7.34. The summed E-state index contributed by atoms with van der Waals surface area (Å²) >= 11 is 1.61. The summed E-state index contributed by atoms with van der Waals surface area (Å²) in [7, 11) is 3.69. The topological polar surface area (TPSA) is 49.8 Å². The zero-order valence-electron chi connectivity index (χ0n) is 17.4. The number of thiazole rings is 1. The summed E-state index contributed by atoms with van der Waals surface area (Å²) in [5.74, 6) is 0.690. The molecule has 1 aromatic carbocycles. The first-order valence-electron chi connectivity index (χ1n) is 9.70. The molecule has 0 radical (unpaired) electrons. The van der Waals surface area contributed by atoms with Crippen LogP contribution in [0, 0.1) is 5.82 Å². The van der Waals surface area contributed by atoms with E-state index < -0.39 is 0 Å². The number of methoxy groups -OCH3 is 1. The predicted octanol–water partition coefficient (Wildman–Crippen LogP) is 4.74. The van der Waals surface area contributed by atoms with Crippen LogP contribution in [0.25, 0.3) is 0 Å². The van der Waals surface area contributed by atoms with Crippen molar-refractivity contribution in [2.24, 2.45) is 4.99 Å². The number of guanidine groups is 1. The molecule has 0 amide bonds. The maximum atomic E-state index is 14.2. The minimum atomic E-state index is -0.158. The van der Waals surface area contributed by atoms with Crippen molar-refractivity contribution in [2.45, 2.75) is 44.8 Å². The van der Waals surface area contributed by atoms with E-state index in [4.69, 9.17) is 9.73 Å². The molecule has 1 unspecified atom stereocenters. The van der Waals surface area contributed by atoms with Gasteiger partial charge in [0.2, 0.25) is 0 Å². The quantitative estimate of drug-likeness (QED) is 0.303. The summed E-state index contributed by atoms with van der Waals surface area (Å²) in [6, 6.07) is 7.07. The summed E-state index contributed by atoms with van der Waals surface area (Å²) in [6.45, 7) is 6.07. The molecule has 29 heavy (non-hydrogen) atoms. The first kappa shape index (κ1) is 24.0. The highest BCUT2D eigenvalue weighted by Gasteiger charge is 2.45. The maximum Gasteiger partial charge on any atom is 0.194 e.